The Bertz CT molecular complexity index is 2960. The van der Waals surface area contributed by atoms with Crippen LogP contribution >= 0.6 is 23.2 Å². The molecule has 0 aliphatic heterocycles. The van der Waals surface area contributed by atoms with Gasteiger partial charge in [0.05, 0.1) is 33.2 Å². The second kappa shape index (κ2) is 11.9. The molecule has 0 unspecified atom stereocenters. The number of carbonyl (C=O) groups is 1. The molecule has 1 amide bonds. The molecule has 260 valence electrons. The first-order chi connectivity index (χ1) is 25.6. The number of nitrogens with zero attached hydrogens (tertiary/aromatic N) is 5. The van der Waals surface area contributed by atoms with Gasteiger partial charge in [0, 0.05) is 20.9 Å². The van der Waals surface area contributed by atoms with E-state index in [2.05, 4.69) is 26.2 Å². The molecule has 0 atom stereocenters. The van der Waals surface area contributed by atoms with Crippen LogP contribution in [0.1, 0.15) is 64.1 Å². The summed E-state index contributed by atoms with van der Waals surface area (Å²) in [7, 11) is 0. The van der Waals surface area contributed by atoms with Crippen LogP contribution < -0.4 is 16.9 Å². The van der Waals surface area contributed by atoms with Crippen LogP contribution in [0.3, 0.4) is 0 Å². The summed E-state index contributed by atoms with van der Waals surface area (Å²) in [5.41, 5.74) is 10.6. The molecule has 0 bridgehead atoms. The van der Waals surface area contributed by atoms with Crippen molar-refractivity contribution in [2.45, 2.75) is 36.5 Å². The number of carbonyl (C=O) groups excluding carboxylic acids is 1. The second-order valence-electron chi connectivity index (χ2n) is 13.6. The van der Waals surface area contributed by atoms with Crippen molar-refractivity contribution in [3.63, 3.8) is 0 Å². The molecule has 4 N–H and O–H groups in total. The molecule has 2 fully saturated rings. The predicted octanol–water partition coefficient (Wildman–Crippen LogP) is 6.79. The minimum Gasteiger partial charge on any atom is -0.365 e. The minimum atomic E-state index is -0.605. The lowest BCUT2D eigenvalue weighted by atomic mass is 9.90. The first-order valence-electron chi connectivity index (χ1n) is 17.0. The third-order valence-electron chi connectivity index (χ3n) is 10.6. The number of amides is 1. The van der Waals surface area contributed by atoms with E-state index in [4.69, 9.17) is 28.9 Å². The Kier molecular flexibility index (Phi) is 7.34. The number of aromatic amines is 2. The average molecular weight is 740 g/mol. The Morgan fingerprint density at radius 3 is 1.58 bits per heavy atom. The van der Waals surface area contributed by atoms with Crippen molar-refractivity contribution in [3.8, 4) is 6.07 Å². The van der Waals surface area contributed by atoms with Crippen molar-refractivity contribution in [3.05, 3.63) is 161 Å². The van der Waals surface area contributed by atoms with E-state index in [1.807, 2.05) is 60.7 Å². The van der Waals surface area contributed by atoms with E-state index in [9.17, 15) is 19.6 Å². The van der Waals surface area contributed by atoms with Gasteiger partial charge < -0.3 is 5.73 Å². The lowest BCUT2D eigenvalue weighted by molar-refractivity contribution is 0.100. The van der Waals surface area contributed by atoms with Gasteiger partial charge in [-0.15, -0.1) is 0 Å². The topological polar surface area (TPSA) is 167 Å². The largest absolute Gasteiger partial charge is 0.365 e. The number of nitriles is 1. The van der Waals surface area contributed by atoms with E-state index in [0.717, 1.165) is 42.5 Å². The highest BCUT2D eigenvalue weighted by Gasteiger charge is 2.51. The van der Waals surface area contributed by atoms with Crippen LogP contribution in [0, 0.1) is 11.3 Å². The van der Waals surface area contributed by atoms with Crippen LogP contribution in [0.15, 0.2) is 107 Å². The fraction of sp³-hybridized carbons (Fsp3) is 0.150. The van der Waals surface area contributed by atoms with E-state index in [1.165, 1.54) is 9.03 Å². The number of fused-ring (bicyclic) bond motifs is 4. The van der Waals surface area contributed by atoms with Crippen LogP contribution in [0.5, 0.6) is 0 Å². The first-order valence-corrected chi connectivity index (χ1v) is 17.7. The van der Waals surface area contributed by atoms with Crippen LogP contribution in [0.25, 0.3) is 33.1 Å². The summed E-state index contributed by atoms with van der Waals surface area (Å²) in [6, 6.07) is 31.7. The van der Waals surface area contributed by atoms with Crippen LogP contribution in [-0.4, -0.2) is 35.1 Å². The van der Waals surface area contributed by atoms with Gasteiger partial charge in [-0.05, 0) is 85.3 Å². The number of benzene rings is 4. The Labute approximate surface area is 310 Å². The summed E-state index contributed by atoms with van der Waals surface area (Å²) in [5.74, 6) is -0.605. The van der Waals surface area contributed by atoms with Crippen LogP contribution in [0.2, 0.25) is 10.0 Å². The monoisotopic (exact) mass is 738 g/mol. The molecule has 0 saturated heterocycles. The number of para-hydroxylation sites is 2. The molecule has 53 heavy (non-hydrogen) atoms. The van der Waals surface area contributed by atoms with Crippen molar-refractivity contribution in [2.75, 3.05) is 0 Å². The van der Waals surface area contributed by atoms with Gasteiger partial charge in [0.2, 0.25) is 0 Å². The fourth-order valence-corrected chi connectivity index (χ4v) is 7.81. The molecular formula is C40H28Cl2N8O3. The lowest BCUT2D eigenvalue weighted by Gasteiger charge is -2.15. The van der Waals surface area contributed by atoms with Crippen molar-refractivity contribution >= 4 is 62.2 Å². The molecule has 4 heterocycles. The number of hydrogen-bond donors (Lipinski definition) is 3. The number of aromatic nitrogens is 6. The standard InChI is InChI=1S/C20H15ClN4O2.C20H13ClN4O/c21-12-7-5-11(6-8-12)20(9-10-20)16-15(17(22)26)18-23-14-4-2-1-3-13(14)19(27)25(18)24-16;21-13-7-5-12(6-8-13)20(9-10-20)17-15(11-22)18-23-16-4-2-1-3-14(16)19(26)25(18)24-17/h1-8,24H,9-10H2,(H2,22,26);1-8,24H,9-10H2. The molecule has 11 nitrogen and oxygen atoms in total. The number of primary amides is 1. The molecule has 2 aliphatic rings. The summed E-state index contributed by atoms with van der Waals surface area (Å²) in [5, 5.41) is 18.4. The van der Waals surface area contributed by atoms with Crippen molar-refractivity contribution in [1.29, 1.82) is 5.26 Å². The maximum atomic E-state index is 12.9. The first kappa shape index (κ1) is 32.7. The molecule has 4 aromatic heterocycles. The third kappa shape index (κ3) is 5.05. The Morgan fingerprint density at radius 2 is 1.11 bits per heavy atom. The number of halogens is 2. The summed E-state index contributed by atoms with van der Waals surface area (Å²) < 4.78 is 2.72. The van der Waals surface area contributed by atoms with E-state index in [0.29, 0.717) is 48.8 Å². The van der Waals surface area contributed by atoms with Crippen LogP contribution in [0.4, 0.5) is 0 Å². The van der Waals surface area contributed by atoms with E-state index < -0.39 is 5.91 Å². The summed E-state index contributed by atoms with van der Waals surface area (Å²) in [6.07, 6.45) is 3.50. The zero-order chi connectivity index (χ0) is 36.6. The molecular weight excluding hydrogens is 711 g/mol. The van der Waals surface area contributed by atoms with Crippen LogP contribution in [-0.2, 0) is 10.8 Å². The molecule has 2 saturated carbocycles. The fourth-order valence-electron chi connectivity index (χ4n) is 7.55. The number of H-pyrrole nitrogens is 2. The Hall–Kier alpha value is -6.22. The molecule has 8 aromatic rings. The average Bonchev–Trinajstić information content (AvgIpc) is 4.08. The molecule has 4 aromatic carbocycles. The molecule has 13 heteroatoms. The third-order valence-corrected chi connectivity index (χ3v) is 11.1. The summed E-state index contributed by atoms with van der Waals surface area (Å²) >= 11 is 12.0. The van der Waals surface area contributed by atoms with Gasteiger partial charge in [0.25, 0.3) is 17.0 Å². The highest BCUT2D eigenvalue weighted by atomic mass is 35.5. The quantitative estimate of drug-likeness (QED) is 0.176. The Balaban J connectivity index is 0.000000141. The SMILES string of the molecule is N#Cc1c(C2(c3ccc(Cl)cc3)CC2)[nH]n2c(=O)c3ccccc3nc12.NC(=O)c1c(C2(c3ccc(Cl)cc3)CC2)[nH]n2c(=O)c3ccccc3nc12. The maximum Gasteiger partial charge on any atom is 0.280 e. The number of hydrogen-bond acceptors (Lipinski definition) is 6. The van der Waals surface area contributed by atoms with Gasteiger partial charge >= 0.3 is 0 Å². The van der Waals surface area contributed by atoms with Gasteiger partial charge in [-0.3, -0.25) is 24.6 Å². The lowest BCUT2D eigenvalue weighted by Crippen LogP contribution is -2.19. The Morgan fingerprint density at radius 1 is 0.679 bits per heavy atom. The van der Waals surface area contributed by atoms with E-state index in [-0.39, 0.29) is 33.2 Å². The predicted molar refractivity (Wildman–Crippen MR) is 203 cm³/mol. The van der Waals surface area contributed by atoms with Gasteiger partial charge in [0.1, 0.15) is 17.2 Å². The zero-order valence-corrected chi connectivity index (χ0v) is 29.4. The summed E-state index contributed by atoms with van der Waals surface area (Å²) in [6.45, 7) is 0. The minimum absolute atomic E-state index is 0.194. The van der Waals surface area contributed by atoms with Crippen molar-refractivity contribution in [1.82, 2.24) is 29.2 Å². The number of rotatable bonds is 5. The van der Waals surface area contributed by atoms with Crippen molar-refractivity contribution in [2.24, 2.45) is 5.73 Å². The molecule has 10 rings (SSSR count). The van der Waals surface area contributed by atoms with Gasteiger partial charge in [-0.1, -0.05) is 71.7 Å². The van der Waals surface area contributed by atoms with Gasteiger partial charge in [-0.2, -0.15) is 9.78 Å². The van der Waals surface area contributed by atoms with Crippen molar-refractivity contribution < 1.29 is 4.79 Å². The van der Waals surface area contributed by atoms with Gasteiger partial charge in [-0.25, -0.2) is 14.5 Å². The molecule has 0 radical (unpaired) electrons. The smallest absolute Gasteiger partial charge is 0.280 e. The normalized spacial score (nSPS) is 15.3. The van der Waals surface area contributed by atoms with Gasteiger partial charge in [0.15, 0.2) is 11.3 Å². The molecule has 2 aliphatic carbocycles. The highest BCUT2D eigenvalue weighted by Crippen LogP contribution is 2.55. The number of nitrogens with two attached hydrogens (primary N) is 1. The number of nitrogens with one attached hydrogen (secondary N) is 2. The van der Waals surface area contributed by atoms with E-state index in [1.54, 1.807) is 36.4 Å². The maximum absolute atomic E-state index is 12.9. The highest BCUT2D eigenvalue weighted by molar-refractivity contribution is 6.30. The molecule has 0 spiro atoms. The second-order valence-corrected chi connectivity index (χ2v) is 14.4. The summed E-state index contributed by atoms with van der Waals surface area (Å²) in [4.78, 5) is 47.2. The zero-order valence-electron chi connectivity index (χ0n) is 27.9. The van der Waals surface area contributed by atoms with E-state index >= 15 is 0 Å².